The highest BCUT2D eigenvalue weighted by molar-refractivity contribution is 7.14. The van der Waals surface area contributed by atoms with Gasteiger partial charge in [-0.2, -0.15) is 0 Å². The topological polar surface area (TPSA) is 58.6 Å². The molecule has 6 heteroatoms. The van der Waals surface area contributed by atoms with Crippen molar-refractivity contribution in [3.63, 3.8) is 0 Å². The molecule has 0 saturated carbocycles. The summed E-state index contributed by atoms with van der Waals surface area (Å²) >= 11 is 1.53. The number of rotatable bonds is 6. The van der Waals surface area contributed by atoms with Crippen molar-refractivity contribution < 1.29 is 14.3 Å². The number of carbonyl (C=O) groups is 2. The van der Waals surface area contributed by atoms with Crippen LogP contribution in [0.2, 0.25) is 0 Å². The molecule has 0 aliphatic carbocycles. The van der Waals surface area contributed by atoms with Crippen molar-refractivity contribution >= 4 is 23.2 Å². The van der Waals surface area contributed by atoms with Gasteiger partial charge in [0, 0.05) is 30.1 Å². The molecule has 0 saturated heterocycles. The number of nitrogens with zero attached hydrogens (tertiary/aromatic N) is 1. The van der Waals surface area contributed by atoms with Crippen LogP contribution in [0, 0.1) is 0 Å². The smallest absolute Gasteiger partial charge is 0.261 e. The first kappa shape index (κ1) is 21.1. The normalized spacial score (nSPS) is 13.1. The van der Waals surface area contributed by atoms with Gasteiger partial charge in [0.25, 0.3) is 11.8 Å². The molecule has 0 bridgehead atoms. The summed E-state index contributed by atoms with van der Waals surface area (Å²) in [4.78, 5) is 29.2. The van der Waals surface area contributed by atoms with E-state index < -0.39 is 0 Å². The van der Waals surface area contributed by atoms with Gasteiger partial charge in [-0.1, -0.05) is 30.3 Å². The molecular weight excluding hydrogens is 408 g/mol. The van der Waals surface area contributed by atoms with Crippen molar-refractivity contribution in [3.05, 3.63) is 87.1 Å². The number of amides is 2. The second kappa shape index (κ2) is 9.35. The average Bonchev–Trinajstić information content (AvgIpc) is 3.21. The maximum absolute atomic E-state index is 12.7. The Bertz CT molecular complexity index is 1060. The first-order valence-corrected chi connectivity index (χ1v) is 11.3. The molecule has 5 nitrogen and oxygen atoms in total. The summed E-state index contributed by atoms with van der Waals surface area (Å²) < 4.78 is 5.65. The SMILES string of the molecule is CC(C)Oc1ccc(CNC(=O)c2cc3c(s2)CCN(C(=O)c2ccccc2)C3)cc1. The Morgan fingerprint density at radius 3 is 2.55 bits per heavy atom. The summed E-state index contributed by atoms with van der Waals surface area (Å²) in [5.41, 5.74) is 2.79. The van der Waals surface area contributed by atoms with Crippen molar-refractivity contribution in [2.75, 3.05) is 6.54 Å². The summed E-state index contributed by atoms with van der Waals surface area (Å²) in [7, 11) is 0. The molecule has 0 unspecified atom stereocenters. The molecule has 1 aromatic heterocycles. The van der Waals surface area contributed by atoms with Crippen LogP contribution in [0.15, 0.2) is 60.7 Å². The molecule has 1 aliphatic rings. The summed E-state index contributed by atoms with van der Waals surface area (Å²) in [6.45, 7) is 5.66. The molecule has 160 valence electrons. The Morgan fingerprint density at radius 1 is 1.10 bits per heavy atom. The molecule has 2 aromatic carbocycles. The first-order valence-electron chi connectivity index (χ1n) is 10.5. The molecule has 1 N–H and O–H groups in total. The monoisotopic (exact) mass is 434 g/mol. The third-order valence-electron chi connectivity index (χ3n) is 5.15. The molecule has 31 heavy (non-hydrogen) atoms. The second-order valence-corrected chi connectivity index (χ2v) is 9.03. The van der Waals surface area contributed by atoms with Gasteiger partial charge in [0.15, 0.2) is 0 Å². The molecule has 2 heterocycles. The zero-order valence-electron chi connectivity index (χ0n) is 17.8. The molecule has 3 aromatic rings. The van der Waals surface area contributed by atoms with Gasteiger partial charge in [0.2, 0.25) is 0 Å². The van der Waals surface area contributed by atoms with Crippen molar-refractivity contribution in [2.24, 2.45) is 0 Å². The van der Waals surface area contributed by atoms with Crippen molar-refractivity contribution in [1.82, 2.24) is 10.2 Å². The van der Waals surface area contributed by atoms with Gasteiger partial charge in [-0.3, -0.25) is 9.59 Å². The Kier molecular flexibility index (Phi) is 6.37. The minimum absolute atomic E-state index is 0.0355. The minimum atomic E-state index is -0.0807. The van der Waals surface area contributed by atoms with E-state index >= 15 is 0 Å². The third kappa shape index (κ3) is 5.14. The van der Waals surface area contributed by atoms with Crippen LogP contribution in [0.3, 0.4) is 0 Å². The van der Waals surface area contributed by atoms with Crippen molar-refractivity contribution in [1.29, 1.82) is 0 Å². The van der Waals surface area contributed by atoms with E-state index in [4.69, 9.17) is 4.74 Å². The molecule has 0 fully saturated rings. The van der Waals surface area contributed by atoms with E-state index in [0.717, 1.165) is 23.3 Å². The molecule has 0 radical (unpaired) electrons. The van der Waals surface area contributed by atoms with Crippen LogP contribution in [-0.4, -0.2) is 29.4 Å². The maximum Gasteiger partial charge on any atom is 0.261 e. The molecule has 4 rings (SSSR count). The van der Waals surface area contributed by atoms with Crippen LogP contribution in [0.5, 0.6) is 5.75 Å². The Balaban J connectivity index is 1.36. The van der Waals surface area contributed by atoms with Gasteiger partial charge < -0.3 is 15.0 Å². The predicted molar refractivity (Wildman–Crippen MR) is 123 cm³/mol. The summed E-state index contributed by atoms with van der Waals surface area (Å²) in [5, 5.41) is 2.99. The average molecular weight is 435 g/mol. The Morgan fingerprint density at radius 2 is 1.84 bits per heavy atom. The van der Waals surface area contributed by atoms with Gasteiger partial charge in [-0.05, 0) is 61.7 Å². The van der Waals surface area contributed by atoms with Gasteiger partial charge in [0.1, 0.15) is 5.75 Å². The van der Waals surface area contributed by atoms with E-state index in [1.165, 1.54) is 16.2 Å². The predicted octanol–water partition coefficient (Wildman–Crippen LogP) is 4.66. The maximum atomic E-state index is 12.7. The van der Waals surface area contributed by atoms with Crippen molar-refractivity contribution in [2.45, 2.75) is 39.5 Å². The number of hydrogen-bond donors (Lipinski definition) is 1. The molecule has 0 atom stereocenters. The van der Waals surface area contributed by atoms with Gasteiger partial charge >= 0.3 is 0 Å². The third-order valence-corrected chi connectivity index (χ3v) is 6.38. The summed E-state index contributed by atoms with van der Waals surface area (Å²) in [5.74, 6) is 0.779. The number of hydrogen-bond acceptors (Lipinski definition) is 4. The lowest BCUT2D eigenvalue weighted by Gasteiger charge is -2.27. The lowest BCUT2D eigenvalue weighted by atomic mass is 10.1. The number of thiophene rings is 1. The fourth-order valence-electron chi connectivity index (χ4n) is 3.61. The van der Waals surface area contributed by atoms with Gasteiger partial charge in [-0.15, -0.1) is 11.3 Å². The number of carbonyl (C=O) groups excluding carboxylic acids is 2. The zero-order valence-corrected chi connectivity index (χ0v) is 18.6. The number of ether oxygens (including phenoxy) is 1. The van der Waals surface area contributed by atoms with E-state index in [-0.39, 0.29) is 17.9 Å². The Labute approximate surface area is 186 Å². The van der Waals surface area contributed by atoms with E-state index in [0.29, 0.717) is 30.1 Å². The van der Waals surface area contributed by atoms with E-state index in [9.17, 15) is 9.59 Å². The minimum Gasteiger partial charge on any atom is -0.491 e. The van der Waals surface area contributed by atoms with E-state index in [1.807, 2.05) is 79.4 Å². The zero-order chi connectivity index (χ0) is 21.8. The van der Waals surface area contributed by atoms with E-state index in [2.05, 4.69) is 5.32 Å². The van der Waals surface area contributed by atoms with Crippen LogP contribution >= 0.6 is 11.3 Å². The van der Waals surface area contributed by atoms with Crippen LogP contribution in [0.1, 0.15) is 49.9 Å². The lowest BCUT2D eigenvalue weighted by molar-refractivity contribution is 0.0736. The van der Waals surface area contributed by atoms with E-state index in [1.54, 1.807) is 0 Å². The first-order chi connectivity index (χ1) is 15.0. The van der Waals surface area contributed by atoms with Crippen LogP contribution in [0.4, 0.5) is 0 Å². The highest BCUT2D eigenvalue weighted by atomic mass is 32.1. The highest BCUT2D eigenvalue weighted by Gasteiger charge is 2.25. The van der Waals surface area contributed by atoms with Crippen LogP contribution < -0.4 is 10.1 Å². The molecular formula is C25H26N2O3S. The van der Waals surface area contributed by atoms with Gasteiger partial charge in [-0.25, -0.2) is 0 Å². The summed E-state index contributed by atoms with van der Waals surface area (Å²) in [6.07, 6.45) is 0.915. The number of nitrogens with one attached hydrogen (secondary N) is 1. The van der Waals surface area contributed by atoms with Gasteiger partial charge in [0.05, 0.1) is 11.0 Å². The molecule has 2 amide bonds. The quantitative estimate of drug-likeness (QED) is 0.614. The Hall–Kier alpha value is -3.12. The fraction of sp³-hybridized carbons (Fsp3) is 0.280. The fourth-order valence-corrected chi connectivity index (χ4v) is 4.69. The standard InChI is InChI=1S/C25H26N2O3S/c1-17(2)30-21-10-8-18(9-11-21)15-26-24(28)23-14-20-16-27(13-12-22(20)31-23)25(29)19-6-4-3-5-7-19/h3-11,14,17H,12-13,15-16H2,1-2H3,(H,26,28). The molecule has 0 spiro atoms. The van der Waals surface area contributed by atoms with Crippen LogP contribution in [0.25, 0.3) is 0 Å². The molecule has 1 aliphatic heterocycles. The number of fused-ring (bicyclic) bond motifs is 1. The summed E-state index contributed by atoms with van der Waals surface area (Å²) in [6, 6.07) is 19.0. The number of benzene rings is 2. The lowest BCUT2D eigenvalue weighted by Crippen LogP contribution is -2.35. The van der Waals surface area contributed by atoms with Crippen LogP contribution in [-0.2, 0) is 19.5 Å². The largest absolute Gasteiger partial charge is 0.491 e. The second-order valence-electron chi connectivity index (χ2n) is 7.90. The highest BCUT2D eigenvalue weighted by Crippen LogP contribution is 2.29. The van der Waals surface area contributed by atoms with Crippen molar-refractivity contribution in [3.8, 4) is 5.75 Å².